The molecule has 0 bridgehead atoms. The lowest BCUT2D eigenvalue weighted by atomic mass is 10.1. The van der Waals surface area contributed by atoms with Gasteiger partial charge in [0.25, 0.3) is 0 Å². The number of aryl methyl sites for hydroxylation is 1. The van der Waals surface area contributed by atoms with Gasteiger partial charge < -0.3 is 19.5 Å². The number of esters is 1. The standard InChI is InChI=1S/C22H27N5O6S/c1-13-10-24-17(14(2)20(13)32-5)12-34(30)22-25-16-6-7-18(31-4)26-21(16)27(22)19(29)11-23-8-9-33-15(3)28/h6-7,10,23H,8-9,11-12H2,1-5H3. The smallest absolute Gasteiger partial charge is 0.302 e. The fraction of sp³-hybridized carbons (Fsp3) is 0.409. The Morgan fingerprint density at radius 1 is 1.15 bits per heavy atom. The lowest BCUT2D eigenvalue weighted by Gasteiger charge is -2.12. The van der Waals surface area contributed by atoms with Crippen molar-refractivity contribution in [3.05, 3.63) is 35.2 Å². The van der Waals surface area contributed by atoms with Crippen molar-refractivity contribution in [2.45, 2.75) is 31.7 Å². The number of hydrogen-bond acceptors (Lipinski definition) is 10. The summed E-state index contributed by atoms with van der Waals surface area (Å²) in [4.78, 5) is 37.2. The van der Waals surface area contributed by atoms with Crippen LogP contribution in [-0.4, -0.2) is 69.5 Å². The van der Waals surface area contributed by atoms with E-state index in [4.69, 9.17) is 14.2 Å². The lowest BCUT2D eigenvalue weighted by molar-refractivity contribution is -0.140. The molecule has 1 atom stereocenters. The van der Waals surface area contributed by atoms with E-state index in [1.807, 2.05) is 13.8 Å². The largest absolute Gasteiger partial charge is 0.496 e. The molecule has 0 aliphatic carbocycles. The minimum atomic E-state index is -1.71. The number of fused-ring (bicyclic) bond motifs is 1. The van der Waals surface area contributed by atoms with E-state index in [0.29, 0.717) is 22.8 Å². The van der Waals surface area contributed by atoms with E-state index < -0.39 is 22.7 Å². The quantitative estimate of drug-likeness (QED) is 0.330. The molecule has 0 aliphatic heterocycles. The molecule has 0 aromatic carbocycles. The number of nitrogens with one attached hydrogen (secondary N) is 1. The Hall–Kier alpha value is -3.38. The van der Waals surface area contributed by atoms with Crippen LogP contribution in [0.5, 0.6) is 11.6 Å². The van der Waals surface area contributed by atoms with Crippen molar-refractivity contribution in [3.8, 4) is 11.6 Å². The molecule has 3 heterocycles. The van der Waals surface area contributed by atoms with E-state index in [2.05, 4.69) is 20.3 Å². The van der Waals surface area contributed by atoms with Crippen LogP contribution in [0.4, 0.5) is 0 Å². The summed E-state index contributed by atoms with van der Waals surface area (Å²) < 4.78 is 30.1. The molecule has 0 spiro atoms. The van der Waals surface area contributed by atoms with Crippen LogP contribution in [0.25, 0.3) is 11.2 Å². The third kappa shape index (κ3) is 5.57. The van der Waals surface area contributed by atoms with E-state index in [1.165, 1.54) is 18.6 Å². The Bertz CT molecular complexity index is 1240. The van der Waals surface area contributed by atoms with Crippen molar-refractivity contribution in [1.29, 1.82) is 0 Å². The minimum Gasteiger partial charge on any atom is -0.496 e. The normalized spacial score (nSPS) is 11.9. The Morgan fingerprint density at radius 3 is 2.59 bits per heavy atom. The number of ether oxygens (including phenoxy) is 3. The average Bonchev–Trinajstić information content (AvgIpc) is 3.19. The van der Waals surface area contributed by atoms with Gasteiger partial charge in [0.05, 0.1) is 43.0 Å². The van der Waals surface area contributed by atoms with Crippen LogP contribution < -0.4 is 14.8 Å². The highest BCUT2D eigenvalue weighted by Crippen LogP contribution is 2.26. The SMILES string of the molecule is COc1ccc2nc(S(=O)Cc3ncc(C)c(OC)c3C)n(C(=O)CNCCOC(C)=O)c2n1. The molecule has 0 aliphatic rings. The zero-order chi connectivity index (χ0) is 24.8. The summed E-state index contributed by atoms with van der Waals surface area (Å²) in [7, 11) is 1.32. The van der Waals surface area contributed by atoms with Crippen LogP contribution in [0.15, 0.2) is 23.5 Å². The Labute approximate surface area is 199 Å². The Kier molecular flexibility index (Phi) is 8.29. The molecule has 3 aromatic heterocycles. The molecular formula is C22H27N5O6S. The monoisotopic (exact) mass is 489 g/mol. The lowest BCUT2D eigenvalue weighted by Crippen LogP contribution is -2.31. The van der Waals surface area contributed by atoms with Gasteiger partial charge in [0.2, 0.25) is 16.9 Å². The highest BCUT2D eigenvalue weighted by Gasteiger charge is 2.24. The fourth-order valence-corrected chi connectivity index (χ4v) is 4.62. The van der Waals surface area contributed by atoms with E-state index in [0.717, 1.165) is 11.1 Å². The van der Waals surface area contributed by atoms with E-state index in [1.54, 1.807) is 25.4 Å². The maximum Gasteiger partial charge on any atom is 0.302 e. The van der Waals surface area contributed by atoms with Gasteiger partial charge in [-0.15, -0.1) is 0 Å². The zero-order valence-electron chi connectivity index (χ0n) is 19.7. The number of imidazole rings is 1. The molecule has 0 saturated heterocycles. The molecule has 1 N–H and O–H groups in total. The van der Waals surface area contributed by atoms with Crippen LogP contribution in [0.3, 0.4) is 0 Å². The Morgan fingerprint density at radius 2 is 1.91 bits per heavy atom. The number of pyridine rings is 2. The molecule has 0 amide bonds. The molecule has 0 fully saturated rings. The highest BCUT2D eigenvalue weighted by atomic mass is 32.2. The first kappa shape index (κ1) is 25.2. The van der Waals surface area contributed by atoms with Gasteiger partial charge in [-0.05, 0) is 19.9 Å². The van der Waals surface area contributed by atoms with E-state index >= 15 is 0 Å². The van der Waals surface area contributed by atoms with Crippen LogP contribution in [0.2, 0.25) is 0 Å². The van der Waals surface area contributed by atoms with Gasteiger partial charge in [-0.25, -0.2) is 9.55 Å². The molecule has 0 saturated carbocycles. The number of carbonyl (C=O) groups is 2. The van der Waals surface area contributed by atoms with Crippen molar-refractivity contribution in [3.63, 3.8) is 0 Å². The van der Waals surface area contributed by atoms with Gasteiger partial charge in [0, 0.05) is 36.9 Å². The minimum absolute atomic E-state index is 0.0378. The van der Waals surface area contributed by atoms with Crippen molar-refractivity contribution >= 4 is 33.8 Å². The summed E-state index contributed by atoms with van der Waals surface area (Å²) in [5.41, 5.74) is 2.87. The van der Waals surface area contributed by atoms with Gasteiger partial charge in [0.1, 0.15) is 17.9 Å². The van der Waals surface area contributed by atoms with Crippen LogP contribution in [-0.2, 0) is 26.1 Å². The summed E-state index contributed by atoms with van der Waals surface area (Å²) >= 11 is 0. The van der Waals surface area contributed by atoms with Gasteiger partial charge in [-0.1, -0.05) is 0 Å². The zero-order valence-corrected chi connectivity index (χ0v) is 20.5. The molecule has 3 aromatic rings. The van der Waals surface area contributed by atoms with Crippen molar-refractivity contribution in [2.75, 3.05) is 33.9 Å². The van der Waals surface area contributed by atoms with Gasteiger partial charge in [-0.2, -0.15) is 4.98 Å². The van der Waals surface area contributed by atoms with E-state index in [-0.39, 0.29) is 36.3 Å². The first-order valence-corrected chi connectivity index (χ1v) is 11.8. The number of aromatic nitrogens is 4. The molecule has 3 rings (SSSR count). The van der Waals surface area contributed by atoms with Gasteiger partial charge in [-0.3, -0.25) is 18.8 Å². The van der Waals surface area contributed by atoms with Crippen molar-refractivity contribution < 1.29 is 28.0 Å². The van der Waals surface area contributed by atoms with Crippen molar-refractivity contribution in [2.24, 2.45) is 0 Å². The molecule has 11 nitrogen and oxygen atoms in total. The van der Waals surface area contributed by atoms with Crippen molar-refractivity contribution in [1.82, 2.24) is 24.8 Å². The average molecular weight is 490 g/mol. The molecule has 182 valence electrons. The van der Waals surface area contributed by atoms with Gasteiger partial charge in [0.15, 0.2) is 5.65 Å². The van der Waals surface area contributed by atoms with E-state index in [9.17, 15) is 13.8 Å². The molecule has 0 radical (unpaired) electrons. The molecule has 1 unspecified atom stereocenters. The second kappa shape index (κ2) is 11.2. The Balaban J connectivity index is 1.93. The predicted octanol–water partition coefficient (Wildman–Crippen LogP) is 1.56. The number of carbonyl (C=O) groups excluding carboxylic acids is 2. The number of methoxy groups -OCH3 is 2. The molecular weight excluding hydrogens is 462 g/mol. The summed E-state index contributed by atoms with van der Waals surface area (Å²) in [6.07, 6.45) is 1.66. The topological polar surface area (TPSA) is 135 Å². The fourth-order valence-electron chi connectivity index (χ4n) is 3.36. The predicted molar refractivity (Wildman–Crippen MR) is 125 cm³/mol. The maximum atomic E-state index is 13.4. The van der Waals surface area contributed by atoms with Crippen LogP contribution in [0, 0.1) is 13.8 Å². The van der Waals surface area contributed by atoms with Crippen LogP contribution in [0.1, 0.15) is 28.5 Å². The second-order valence-corrected chi connectivity index (χ2v) is 8.72. The maximum absolute atomic E-state index is 13.4. The van der Waals surface area contributed by atoms with Gasteiger partial charge >= 0.3 is 5.97 Å². The summed E-state index contributed by atoms with van der Waals surface area (Å²) in [5.74, 6) is 0.188. The summed E-state index contributed by atoms with van der Waals surface area (Å²) in [6, 6.07) is 3.27. The highest BCUT2D eigenvalue weighted by molar-refractivity contribution is 7.84. The number of rotatable bonds is 10. The number of hydrogen-bond donors (Lipinski definition) is 1. The number of nitrogens with zero attached hydrogens (tertiary/aromatic N) is 4. The third-order valence-electron chi connectivity index (χ3n) is 4.99. The molecule has 34 heavy (non-hydrogen) atoms. The summed E-state index contributed by atoms with van der Waals surface area (Å²) in [5, 5.41) is 2.96. The second-order valence-electron chi connectivity index (χ2n) is 7.37. The summed E-state index contributed by atoms with van der Waals surface area (Å²) in [6.45, 7) is 5.33. The molecule has 12 heteroatoms. The first-order chi connectivity index (χ1) is 16.3. The first-order valence-electron chi connectivity index (χ1n) is 10.4. The third-order valence-corrected chi connectivity index (χ3v) is 6.21. The van der Waals surface area contributed by atoms with Crippen LogP contribution >= 0.6 is 0 Å².